The molecule has 4 nitrogen and oxygen atoms in total. The predicted octanol–water partition coefficient (Wildman–Crippen LogP) is 2.85. The molecule has 0 unspecified atom stereocenters. The number of rotatable bonds is 1. The zero-order valence-electron chi connectivity index (χ0n) is 13.7. The van der Waals surface area contributed by atoms with Gasteiger partial charge in [0.2, 0.25) is 0 Å². The summed E-state index contributed by atoms with van der Waals surface area (Å²) in [6.07, 6.45) is 7.03. The molecule has 4 heteroatoms. The first-order valence-electron chi connectivity index (χ1n) is 8.74. The number of piperidine rings is 1. The van der Waals surface area contributed by atoms with Crippen LogP contribution < -0.4 is 9.47 Å². The van der Waals surface area contributed by atoms with E-state index in [4.69, 9.17) is 9.47 Å². The van der Waals surface area contributed by atoms with Gasteiger partial charge in [0.05, 0.1) is 7.11 Å². The largest absolute Gasteiger partial charge is 0.493 e. The van der Waals surface area contributed by atoms with Gasteiger partial charge in [0, 0.05) is 23.6 Å². The second-order valence-electron chi connectivity index (χ2n) is 7.67. The molecule has 0 amide bonds. The first-order chi connectivity index (χ1) is 11.2. The zero-order valence-corrected chi connectivity index (χ0v) is 13.7. The molecule has 0 aromatic heterocycles. The summed E-state index contributed by atoms with van der Waals surface area (Å²) >= 11 is 0. The lowest BCUT2D eigenvalue weighted by Crippen LogP contribution is -2.65. The van der Waals surface area contributed by atoms with Gasteiger partial charge in [-0.1, -0.05) is 13.0 Å². The van der Waals surface area contributed by atoms with E-state index < -0.39 is 0 Å². The van der Waals surface area contributed by atoms with Crippen LogP contribution in [0.5, 0.6) is 11.5 Å². The first kappa shape index (κ1) is 13.5. The van der Waals surface area contributed by atoms with E-state index in [0.717, 1.165) is 37.3 Å². The lowest BCUT2D eigenvalue weighted by molar-refractivity contribution is -0.0599. The number of methoxy groups -OCH3 is 1. The van der Waals surface area contributed by atoms with Crippen molar-refractivity contribution in [3.8, 4) is 17.7 Å². The fraction of sp³-hybridized carbons (Fsp3) is 0.632. The Morgan fingerprint density at radius 2 is 2.26 bits per heavy atom. The standard InChI is InChI=1S/C19H22N2O2/c1-11-3-6-15-19-7-8-21(10-20)13(16(11)19)9-12-4-5-14(22-2)18(23-15)17(12)19/h4-5,11,13,15-16H,3,6-9H2,1-2H3/t11-,13+,15-,16-,19-/m0/s1. The molecular formula is C19H22N2O2. The molecule has 1 saturated heterocycles. The molecule has 5 rings (SSSR count). The Kier molecular flexibility index (Phi) is 2.56. The van der Waals surface area contributed by atoms with Crippen LogP contribution in [0, 0.1) is 23.3 Å². The van der Waals surface area contributed by atoms with E-state index in [9.17, 15) is 5.26 Å². The van der Waals surface area contributed by atoms with Crippen molar-refractivity contribution >= 4 is 0 Å². The number of benzene rings is 1. The lowest BCUT2D eigenvalue weighted by atomic mass is 9.49. The van der Waals surface area contributed by atoms with E-state index in [1.807, 2.05) is 11.0 Å². The van der Waals surface area contributed by atoms with Crippen molar-refractivity contribution in [1.29, 1.82) is 5.26 Å². The molecule has 5 atom stereocenters. The van der Waals surface area contributed by atoms with Crippen molar-refractivity contribution in [2.75, 3.05) is 13.7 Å². The molecule has 0 radical (unpaired) electrons. The number of ether oxygens (including phenoxy) is 2. The van der Waals surface area contributed by atoms with Crippen LogP contribution >= 0.6 is 0 Å². The summed E-state index contributed by atoms with van der Waals surface area (Å²) in [7, 11) is 1.73. The van der Waals surface area contributed by atoms with Crippen molar-refractivity contribution < 1.29 is 9.47 Å². The van der Waals surface area contributed by atoms with Gasteiger partial charge < -0.3 is 14.4 Å². The monoisotopic (exact) mass is 310 g/mol. The van der Waals surface area contributed by atoms with Crippen molar-refractivity contribution in [3.63, 3.8) is 0 Å². The number of hydrogen-bond acceptors (Lipinski definition) is 4. The van der Waals surface area contributed by atoms with Gasteiger partial charge in [0.1, 0.15) is 6.10 Å². The predicted molar refractivity (Wildman–Crippen MR) is 85.4 cm³/mol. The molecule has 2 fully saturated rings. The van der Waals surface area contributed by atoms with E-state index in [-0.39, 0.29) is 11.5 Å². The van der Waals surface area contributed by atoms with Crippen LogP contribution in [0.25, 0.3) is 0 Å². The van der Waals surface area contributed by atoms with Gasteiger partial charge in [0.15, 0.2) is 17.7 Å². The maximum Gasteiger partial charge on any atom is 0.179 e. The second kappa shape index (κ2) is 4.35. The molecule has 23 heavy (non-hydrogen) atoms. The molecule has 1 aromatic rings. The molecule has 1 aromatic carbocycles. The van der Waals surface area contributed by atoms with Crippen LogP contribution in [0.2, 0.25) is 0 Å². The van der Waals surface area contributed by atoms with Crippen molar-refractivity contribution in [2.45, 2.75) is 50.2 Å². The van der Waals surface area contributed by atoms with Gasteiger partial charge in [-0.2, -0.15) is 5.26 Å². The van der Waals surface area contributed by atoms with Gasteiger partial charge in [-0.05, 0) is 49.1 Å². The second-order valence-corrected chi connectivity index (χ2v) is 7.67. The van der Waals surface area contributed by atoms with Crippen LogP contribution in [0.4, 0.5) is 0 Å². The summed E-state index contributed by atoms with van der Waals surface area (Å²) in [6.45, 7) is 3.24. The highest BCUT2D eigenvalue weighted by Crippen LogP contribution is 2.64. The molecule has 0 N–H and O–H groups in total. The van der Waals surface area contributed by atoms with Crippen LogP contribution in [0.1, 0.15) is 37.3 Å². The smallest absolute Gasteiger partial charge is 0.179 e. The quantitative estimate of drug-likeness (QED) is 0.748. The topological polar surface area (TPSA) is 45.5 Å². The van der Waals surface area contributed by atoms with Gasteiger partial charge in [-0.3, -0.25) is 0 Å². The normalized spacial score (nSPS) is 39.3. The molecule has 2 aliphatic heterocycles. The number of nitriles is 1. The summed E-state index contributed by atoms with van der Waals surface area (Å²) < 4.78 is 12.1. The summed E-state index contributed by atoms with van der Waals surface area (Å²) in [5.74, 6) is 3.04. The summed E-state index contributed by atoms with van der Waals surface area (Å²) in [4.78, 5) is 2.04. The molecule has 2 bridgehead atoms. The third-order valence-corrected chi connectivity index (χ3v) is 6.96. The Bertz CT molecular complexity index is 725. The Morgan fingerprint density at radius 3 is 3.04 bits per heavy atom. The van der Waals surface area contributed by atoms with Crippen LogP contribution in [0.15, 0.2) is 12.1 Å². The lowest BCUT2D eigenvalue weighted by Gasteiger charge is -2.59. The van der Waals surface area contributed by atoms with Gasteiger partial charge >= 0.3 is 0 Å². The fourth-order valence-corrected chi connectivity index (χ4v) is 6.20. The molecular weight excluding hydrogens is 288 g/mol. The highest BCUT2D eigenvalue weighted by molar-refractivity contribution is 5.61. The summed E-state index contributed by atoms with van der Waals surface area (Å²) in [6, 6.07) is 4.58. The highest BCUT2D eigenvalue weighted by Gasteiger charge is 2.65. The Morgan fingerprint density at radius 1 is 1.39 bits per heavy atom. The average Bonchev–Trinajstić information content (AvgIpc) is 2.89. The molecule has 2 heterocycles. The maximum absolute atomic E-state index is 9.61. The van der Waals surface area contributed by atoms with E-state index in [0.29, 0.717) is 17.9 Å². The van der Waals surface area contributed by atoms with Crippen molar-refractivity contribution in [2.24, 2.45) is 11.8 Å². The Labute approximate surface area is 137 Å². The third kappa shape index (κ3) is 1.42. The first-order valence-corrected chi connectivity index (χ1v) is 8.74. The van der Waals surface area contributed by atoms with Gasteiger partial charge in [-0.15, -0.1) is 0 Å². The van der Waals surface area contributed by atoms with E-state index in [2.05, 4.69) is 19.2 Å². The van der Waals surface area contributed by atoms with Gasteiger partial charge in [0.25, 0.3) is 0 Å². The van der Waals surface area contributed by atoms with E-state index in [1.165, 1.54) is 17.5 Å². The van der Waals surface area contributed by atoms with Crippen LogP contribution in [-0.2, 0) is 11.8 Å². The van der Waals surface area contributed by atoms with Crippen molar-refractivity contribution in [1.82, 2.24) is 4.90 Å². The molecule has 2 aliphatic carbocycles. The molecule has 120 valence electrons. The Hall–Kier alpha value is -1.89. The molecule has 4 aliphatic rings. The average molecular weight is 310 g/mol. The summed E-state index contributed by atoms with van der Waals surface area (Å²) in [5, 5.41) is 9.61. The zero-order chi connectivity index (χ0) is 15.8. The van der Waals surface area contributed by atoms with Gasteiger partial charge in [-0.25, -0.2) is 0 Å². The van der Waals surface area contributed by atoms with Crippen LogP contribution in [0.3, 0.4) is 0 Å². The SMILES string of the molecule is COc1ccc2c3c1O[C@H]1CC[C@H](C)[C@H]4[C@@H](C2)N(C#N)CC[C@@]341. The maximum atomic E-state index is 9.61. The fourth-order valence-electron chi connectivity index (χ4n) is 6.20. The minimum atomic E-state index is 0.104. The summed E-state index contributed by atoms with van der Waals surface area (Å²) in [5.41, 5.74) is 2.90. The highest BCUT2D eigenvalue weighted by atomic mass is 16.5. The van der Waals surface area contributed by atoms with E-state index in [1.54, 1.807) is 7.11 Å². The minimum Gasteiger partial charge on any atom is -0.493 e. The van der Waals surface area contributed by atoms with E-state index >= 15 is 0 Å². The molecule has 1 spiro atoms. The third-order valence-electron chi connectivity index (χ3n) is 6.96. The van der Waals surface area contributed by atoms with Crippen LogP contribution in [-0.4, -0.2) is 30.7 Å². The number of likely N-dealkylation sites (tertiary alicyclic amines) is 1. The molecule has 1 saturated carbocycles. The number of nitrogens with zero attached hydrogens (tertiary/aromatic N) is 2. The minimum absolute atomic E-state index is 0.104. The number of hydrogen-bond donors (Lipinski definition) is 0. The Balaban J connectivity index is 1.79. The van der Waals surface area contributed by atoms with Crippen molar-refractivity contribution in [3.05, 3.63) is 23.3 Å².